The van der Waals surface area contributed by atoms with Crippen LogP contribution in [0, 0.1) is 0 Å². The lowest BCUT2D eigenvalue weighted by Gasteiger charge is -2.14. The molecule has 1 aromatic heterocycles. The Bertz CT molecular complexity index is 536. The van der Waals surface area contributed by atoms with Gasteiger partial charge in [0.05, 0.1) is 18.2 Å². The summed E-state index contributed by atoms with van der Waals surface area (Å²) in [4.78, 5) is 0. The molecule has 1 atom stereocenters. The van der Waals surface area contributed by atoms with E-state index in [4.69, 9.17) is 9.47 Å². The lowest BCUT2D eigenvalue weighted by atomic mass is 10.1. The molecule has 0 aliphatic heterocycles. The summed E-state index contributed by atoms with van der Waals surface area (Å²) in [6.45, 7) is 5.41. The van der Waals surface area contributed by atoms with E-state index in [0.29, 0.717) is 0 Å². The van der Waals surface area contributed by atoms with E-state index in [1.54, 1.807) is 14.2 Å². The van der Waals surface area contributed by atoms with Gasteiger partial charge in [0.2, 0.25) is 0 Å². The SMILES string of the molecule is COCCNCc1cccc2ccn(CC(C)OC)c12. The Morgan fingerprint density at radius 2 is 2.10 bits per heavy atom. The summed E-state index contributed by atoms with van der Waals surface area (Å²) in [6, 6.07) is 8.61. The molecule has 4 heteroatoms. The second-order valence-corrected chi connectivity index (χ2v) is 5.04. The third-order valence-electron chi connectivity index (χ3n) is 3.53. The first-order valence-corrected chi connectivity index (χ1v) is 7.05. The Kier molecular flexibility index (Phi) is 5.59. The van der Waals surface area contributed by atoms with Gasteiger partial charge in [-0.15, -0.1) is 0 Å². The van der Waals surface area contributed by atoms with E-state index in [-0.39, 0.29) is 6.10 Å². The summed E-state index contributed by atoms with van der Waals surface area (Å²) in [5.41, 5.74) is 2.60. The highest BCUT2D eigenvalue weighted by Crippen LogP contribution is 2.21. The molecule has 0 amide bonds. The second kappa shape index (κ2) is 7.43. The number of methoxy groups -OCH3 is 2. The number of hydrogen-bond donors (Lipinski definition) is 1. The summed E-state index contributed by atoms with van der Waals surface area (Å²) < 4.78 is 12.7. The Hall–Kier alpha value is -1.36. The molecular formula is C16H24N2O2. The third kappa shape index (κ3) is 3.60. The molecule has 0 aliphatic rings. The predicted molar refractivity (Wildman–Crippen MR) is 82.0 cm³/mol. The molecule has 2 aromatic rings. The zero-order chi connectivity index (χ0) is 14.4. The molecule has 1 heterocycles. The molecule has 0 radical (unpaired) electrons. The smallest absolute Gasteiger partial charge is 0.0722 e. The topological polar surface area (TPSA) is 35.4 Å². The van der Waals surface area contributed by atoms with Gasteiger partial charge in [-0.05, 0) is 23.9 Å². The van der Waals surface area contributed by atoms with Crippen LogP contribution in [0.5, 0.6) is 0 Å². The van der Waals surface area contributed by atoms with E-state index in [0.717, 1.165) is 26.2 Å². The Morgan fingerprint density at radius 3 is 2.85 bits per heavy atom. The fourth-order valence-electron chi connectivity index (χ4n) is 2.38. The highest BCUT2D eigenvalue weighted by atomic mass is 16.5. The molecule has 110 valence electrons. The number of ether oxygens (including phenoxy) is 2. The number of benzene rings is 1. The largest absolute Gasteiger partial charge is 0.383 e. The van der Waals surface area contributed by atoms with Crippen molar-refractivity contribution in [2.45, 2.75) is 26.1 Å². The lowest BCUT2D eigenvalue weighted by molar-refractivity contribution is 0.104. The van der Waals surface area contributed by atoms with Gasteiger partial charge in [0, 0.05) is 40.1 Å². The van der Waals surface area contributed by atoms with Gasteiger partial charge >= 0.3 is 0 Å². The number of para-hydroxylation sites is 1. The maximum atomic E-state index is 5.37. The molecule has 1 unspecified atom stereocenters. The minimum Gasteiger partial charge on any atom is -0.383 e. The van der Waals surface area contributed by atoms with E-state index >= 15 is 0 Å². The quantitative estimate of drug-likeness (QED) is 0.752. The molecule has 0 fully saturated rings. The van der Waals surface area contributed by atoms with Gasteiger partial charge in [-0.25, -0.2) is 0 Å². The van der Waals surface area contributed by atoms with Gasteiger partial charge in [0.15, 0.2) is 0 Å². The van der Waals surface area contributed by atoms with E-state index in [9.17, 15) is 0 Å². The first-order valence-electron chi connectivity index (χ1n) is 7.05. The molecule has 0 aliphatic carbocycles. The number of rotatable bonds is 8. The minimum atomic E-state index is 0.208. The van der Waals surface area contributed by atoms with Gasteiger partial charge in [-0.2, -0.15) is 0 Å². The normalized spacial score (nSPS) is 12.9. The molecule has 1 aromatic carbocycles. The zero-order valence-electron chi connectivity index (χ0n) is 12.6. The van der Waals surface area contributed by atoms with Crippen LogP contribution in [0.4, 0.5) is 0 Å². The van der Waals surface area contributed by atoms with Gasteiger partial charge in [0.25, 0.3) is 0 Å². The van der Waals surface area contributed by atoms with Gasteiger partial charge in [-0.3, -0.25) is 0 Å². The van der Waals surface area contributed by atoms with Crippen molar-refractivity contribution in [3.8, 4) is 0 Å². The fraction of sp³-hybridized carbons (Fsp3) is 0.500. The number of hydrogen-bond acceptors (Lipinski definition) is 3. The van der Waals surface area contributed by atoms with Gasteiger partial charge in [-0.1, -0.05) is 18.2 Å². The monoisotopic (exact) mass is 276 g/mol. The van der Waals surface area contributed by atoms with Crippen LogP contribution in [0.2, 0.25) is 0 Å². The van der Waals surface area contributed by atoms with Gasteiger partial charge < -0.3 is 19.4 Å². The molecular weight excluding hydrogens is 252 g/mol. The van der Waals surface area contributed by atoms with E-state index < -0.39 is 0 Å². The number of nitrogens with zero attached hydrogens (tertiary/aromatic N) is 1. The summed E-state index contributed by atoms with van der Waals surface area (Å²) in [6.07, 6.45) is 2.35. The first-order chi connectivity index (χ1) is 9.76. The molecule has 4 nitrogen and oxygen atoms in total. The second-order valence-electron chi connectivity index (χ2n) is 5.04. The summed E-state index contributed by atoms with van der Waals surface area (Å²) in [5.74, 6) is 0. The van der Waals surface area contributed by atoms with Crippen LogP contribution in [0.1, 0.15) is 12.5 Å². The van der Waals surface area contributed by atoms with Crippen molar-refractivity contribution >= 4 is 10.9 Å². The molecule has 1 N–H and O–H groups in total. The van der Waals surface area contributed by atoms with Crippen LogP contribution in [0.15, 0.2) is 30.5 Å². The van der Waals surface area contributed by atoms with Crippen LogP contribution in [0.25, 0.3) is 10.9 Å². The maximum Gasteiger partial charge on any atom is 0.0722 e. The average Bonchev–Trinajstić information content (AvgIpc) is 2.87. The van der Waals surface area contributed by atoms with Crippen molar-refractivity contribution in [3.05, 3.63) is 36.0 Å². The molecule has 20 heavy (non-hydrogen) atoms. The molecule has 0 saturated heterocycles. The predicted octanol–water partition coefficient (Wildman–Crippen LogP) is 2.41. The van der Waals surface area contributed by atoms with Crippen LogP contribution >= 0.6 is 0 Å². The maximum absolute atomic E-state index is 5.37. The van der Waals surface area contributed by atoms with Gasteiger partial charge in [0.1, 0.15) is 0 Å². The third-order valence-corrected chi connectivity index (χ3v) is 3.53. The van der Waals surface area contributed by atoms with Crippen LogP contribution < -0.4 is 5.32 Å². The van der Waals surface area contributed by atoms with Crippen molar-refractivity contribution in [2.24, 2.45) is 0 Å². The Balaban J connectivity index is 2.18. The number of fused-ring (bicyclic) bond motifs is 1. The lowest BCUT2D eigenvalue weighted by Crippen LogP contribution is -2.19. The average molecular weight is 276 g/mol. The molecule has 2 rings (SSSR count). The van der Waals surface area contributed by atoms with E-state index in [2.05, 4.69) is 47.3 Å². The molecule has 0 bridgehead atoms. The minimum absolute atomic E-state index is 0.208. The fourth-order valence-corrected chi connectivity index (χ4v) is 2.38. The van der Waals surface area contributed by atoms with Crippen LogP contribution in [-0.2, 0) is 22.6 Å². The standard InChI is InChI=1S/C16H24N2O2/c1-13(20-3)12-18-9-7-14-5-4-6-15(16(14)18)11-17-8-10-19-2/h4-7,9,13,17H,8,10-12H2,1-3H3. The van der Waals surface area contributed by atoms with E-state index in [1.165, 1.54) is 16.5 Å². The van der Waals surface area contributed by atoms with Crippen molar-refractivity contribution in [1.82, 2.24) is 9.88 Å². The summed E-state index contributed by atoms with van der Waals surface area (Å²) >= 11 is 0. The molecule has 0 spiro atoms. The summed E-state index contributed by atoms with van der Waals surface area (Å²) in [7, 11) is 3.48. The van der Waals surface area contributed by atoms with E-state index in [1.807, 2.05) is 0 Å². The highest BCUT2D eigenvalue weighted by Gasteiger charge is 2.08. The number of aromatic nitrogens is 1. The molecule has 0 saturated carbocycles. The van der Waals surface area contributed by atoms with Crippen molar-refractivity contribution < 1.29 is 9.47 Å². The van der Waals surface area contributed by atoms with Crippen LogP contribution in [-0.4, -0.2) is 38.0 Å². The Labute approximate surface area is 120 Å². The zero-order valence-corrected chi connectivity index (χ0v) is 12.6. The van der Waals surface area contributed by atoms with Crippen molar-refractivity contribution in [1.29, 1.82) is 0 Å². The highest BCUT2D eigenvalue weighted by molar-refractivity contribution is 5.83. The van der Waals surface area contributed by atoms with Crippen molar-refractivity contribution in [3.63, 3.8) is 0 Å². The summed E-state index contributed by atoms with van der Waals surface area (Å²) in [5, 5.41) is 4.69. The van der Waals surface area contributed by atoms with Crippen LogP contribution in [0.3, 0.4) is 0 Å². The first kappa shape index (κ1) is 15.0. The Morgan fingerprint density at radius 1 is 1.25 bits per heavy atom. The van der Waals surface area contributed by atoms with Crippen molar-refractivity contribution in [2.75, 3.05) is 27.4 Å². The number of nitrogens with one attached hydrogen (secondary N) is 1.